The third-order valence-corrected chi connectivity index (χ3v) is 4.29. The number of rotatable bonds is 6. The molecule has 0 aliphatic carbocycles. The Morgan fingerprint density at radius 1 is 1.38 bits per heavy atom. The number of benzene rings is 1. The maximum absolute atomic E-state index is 12.0. The summed E-state index contributed by atoms with van der Waals surface area (Å²) < 4.78 is 11.6. The lowest BCUT2D eigenvalue weighted by molar-refractivity contribution is -0.144. The summed E-state index contributed by atoms with van der Waals surface area (Å²) in [5.41, 5.74) is 1.04. The number of hydrogen-bond donors (Lipinski definition) is 0. The summed E-state index contributed by atoms with van der Waals surface area (Å²) >= 11 is 3.51. The smallest absolute Gasteiger partial charge is 0.307 e. The minimum Gasteiger partial charge on any atom is -0.496 e. The van der Waals surface area contributed by atoms with Gasteiger partial charge < -0.3 is 9.47 Å². The summed E-state index contributed by atoms with van der Waals surface area (Å²) in [6, 6.07) is 5.95. The Kier molecular flexibility index (Phi) is 6.06. The summed E-state index contributed by atoms with van der Waals surface area (Å²) in [4.78, 5) is 14.3. The minimum absolute atomic E-state index is 0.0130. The number of nitrogens with zero attached hydrogens (tertiary/aromatic N) is 1. The van der Waals surface area contributed by atoms with E-state index in [0.717, 1.165) is 28.9 Å². The second-order valence-electron chi connectivity index (χ2n) is 5.15. The van der Waals surface area contributed by atoms with Gasteiger partial charge in [-0.1, -0.05) is 15.9 Å². The molecule has 21 heavy (non-hydrogen) atoms. The zero-order chi connectivity index (χ0) is 15.2. The Balaban J connectivity index is 2.29. The van der Waals surface area contributed by atoms with Gasteiger partial charge in [-0.05, 0) is 51.1 Å². The highest BCUT2D eigenvalue weighted by Gasteiger charge is 2.28. The third-order valence-electron chi connectivity index (χ3n) is 3.80. The van der Waals surface area contributed by atoms with E-state index in [4.69, 9.17) is 9.47 Å². The molecule has 1 aliphatic rings. The number of esters is 1. The summed E-state index contributed by atoms with van der Waals surface area (Å²) in [5.74, 6) is 0.663. The van der Waals surface area contributed by atoms with Gasteiger partial charge in [0.15, 0.2) is 0 Å². The summed E-state index contributed by atoms with van der Waals surface area (Å²) in [5, 5.41) is 0. The zero-order valence-electron chi connectivity index (χ0n) is 12.6. The molecule has 1 aliphatic heterocycles. The van der Waals surface area contributed by atoms with Crippen LogP contribution in [0.1, 0.15) is 37.8 Å². The fraction of sp³-hybridized carbons (Fsp3) is 0.562. The van der Waals surface area contributed by atoms with E-state index < -0.39 is 0 Å². The molecule has 0 spiro atoms. The molecule has 1 aromatic rings. The molecule has 1 atom stereocenters. The predicted molar refractivity (Wildman–Crippen MR) is 85.5 cm³/mol. The normalized spacial score (nSPS) is 16.7. The van der Waals surface area contributed by atoms with E-state index in [1.54, 1.807) is 7.11 Å². The van der Waals surface area contributed by atoms with Gasteiger partial charge in [0.25, 0.3) is 0 Å². The number of hydrogen-bond acceptors (Lipinski definition) is 4. The van der Waals surface area contributed by atoms with Gasteiger partial charge in [0.05, 0.1) is 20.1 Å². The van der Waals surface area contributed by atoms with Crippen molar-refractivity contribution in [2.45, 2.75) is 32.2 Å². The van der Waals surface area contributed by atoms with E-state index in [-0.39, 0.29) is 12.0 Å². The number of likely N-dealkylation sites (tertiary alicyclic amines) is 1. The Hall–Kier alpha value is -1.07. The van der Waals surface area contributed by atoms with Crippen molar-refractivity contribution in [1.82, 2.24) is 4.90 Å². The topological polar surface area (TPSA) is 38.8 Å². The van der Waals surface area contributed by atoms with Crippen LogP contribution in [0.5, 0.6) is 5.75 Å². The second kappa shape index (κ2) is 7.80. The lowest BCUT2D eigenvalue weighted by atomic mass is 10.0. The van der Waals surface area contributed by atoms with Crippen LogP contribution in [0.15, 0.2) is 22.7 Å². The summed E-state index contributed by atoms with van der Waals surface area (Å²) in [7, 11) is 1.66. The van der Waals surface area contributed by atoms with Crippen LogP contribution >= 0.6 is 15.9 Å². The first-order chi connectivity index (χ1) is 10.2. The molecule has 0 radical (unpaired) electrons. The average molecular weight is 356 g/mol. The number of methoxy groups -OCH3 is 1. The second-order valence-corrected chi connectivity index (χ2v) is 6.07. The Morgan fingerprint density at radius 3 is 2.71 bits per heavy atom. The molecule has 1 aromatic carbocycles. The van der Waals surface area contributed by atoms with Gasteiger partial charge in [0.1, 0.15) is 5.75 Å². The molecule has 0 saturated carbocycles. The minimum atomic E-state index is -0.156. The van der Waals surface area contributed by atoms with Crippen LogP contribution in [0.4, 0.5) is 0 Å². The van der Waals surface area contributed by atoms with E-state index in [2.05, 4.69) is 20.8 Å². The molecule has 0 N–H and O–H groups in total. The van der Waals surface area contributed by atoms with Gasteiger partial charge in [-0.3, -0.25) is 9.69 Å². The molecular formula is C16H22BrNO3. The fourth-order valence-electron chi connectivity index (χ4n) is 2.83. The molecule has 1 saturated heterocycles. The number of carbonyl (C=O) groups is 1. The highest BCUT2D eigenvalue weighted by molar-refractivity contribution is 9.10. The molecule has 1 fully saturated rings. The maximum atomic E-state index is 12.0. The molecule has 1 unspecified atom stereocenters. The Bertz CT molecular complexity index is 486. The Morgan fingerprint density at radius 2 is 2.10 bits per heavy atom. The van der Waals surface area contributed by atoms with E-state index in [0.29, 0.717) is 13.0 Å². The highest BCUT2D eigenvalue weighted by Crippen LogP contribution is 2.36. The summed E-state index contributed by atoms with van der Waals surface area (Å²) in [6.45, 7) is 4.28. The van der Waals surface area contributed by atoms with E-state index in [1.165, 1.54) is 12.8 Å². The molecule has 2 rings (SSSR count). The van der Waals surface area contributed by atoms with Crippen LogP contribution in [-0.4, -0.2) is 37.7 Å². The maximum Gasteiger partial charge on any atom is 0.307 e. The average Bonchev–Trinajstić information content (AvgIpc) is 2.99. The largest absolute Gasteiger partial charge is 0.496 e. The first kappa shape index (κ1) is 16.3. The monoisotopic (exact) mass is 355 g/mol. The molecule has 0 amide bonds. The molecule has 4 nitrogen and oxygen atoms in total. The van der Waals surface area contributed by atoms with Crippen LogP contribution in [-0.2, 0) is 9.53 Å². The van der Waals surface area contributed by atoms with Crippen LogP contribution in [0.3, 0.4) is 0 Å². The predicted octanol–water partition coefficient (Wildman–Crippen LogP) is 3.55. The highest BCUT2D eigenvalue weighted by atomic mass is 79.9. The first-order valence-corrected chi connectivity index (χ1v) is 8.18. The lowest BCUT2D eigenvalue weighted by Gasteiger charge is -2.28. The van der Waals surface area contributed by atoms with Crippen LogP contribution in [0.25, 0.3) is 0 Å². The van der Waals surface area contributed by atoms with Crippen molar-refractivity contribution in [2.24, 2.45) is 0 Å². The van der Waals surface area contributed by atoms with Gasteiger partial charge in [0, 0.05) is 16.1 Å². The van der Waals surface area contributed by atoms with Crippen molar-refractivity contribution in [3.8, 4) is 5.75 Å². The van der Waals surface area contributed by atoms with Crippen molar-refractivity contribution in [1.29, 1.82) is 0 Å². The van der Waals surface area contributed by atoms with Crippen LogP contribution in [0, 0.1) is 0 Å². The Labute approximate surface area is 134 Å². The molecular weight excluding hydrogens is 334 g/mol. The number of halogens is 1. The lowest BCUT2D eigenvalue weighted by Crippen LogP contribution is -2.28. The molecule has 0 bridgehead atoms. The number of ether oxygens (including phenoxy) is 2. The van der Waals surface area contributed by atoms with Gasteiger partial charge in [0.2, 0.25) is 0 Å². The van der Waals surface area contributed by atoms with Crippen molar-refractivity contribution < 1.29 is 14.3 Å². The van der Waals surface area contributed by atoms with Crippen molar-refractivity contribution in [2.75, 3.05) is 26.8 Å². The van der Waals surface area contributed by atoms with Crippen LogP contribution in [0.2, 0.25) is 0 Å². The quantitative estimate of drug-likeness (QED) is 0.731. The van der Waals surface area contributed by atoms with Gasteiger partial charge >= 0.3 is 5.97 Å². The number of carbonyl (C=O) groups excluding carboxylic acids is 1. The standard InChI is InChI=1S/C16H22BrNO3/c1-3-21-16(19)11-14(18-8-4-5-9-18)13-10-12(17)6-7-15(13)20-2/h6-7,10,14H,3-5,8-9,11H2,1-2H3. The first-order valence-electron chi connectivity index (χ1n) is 7.38. The molecule has 116 valence electrons. The SMILES string of the molecule is CCOC(=O)CC(c1cc(Br)ccc1OC)N1CCCC1. The van der Waals surface area contributed by atoms with Crippen LogP contribution < -0.4 is 4.74 Å². The third kappa shape index (κ3) is 4.20. The van der Waals surface area contributed by atoms with Crippen molar-refractivity contribution in [3.05, 3.63) is 28.2 Å². The van der Waals surface area contributed by atoms with Gasteiger partial charge in [-0.15, -0.1) is 0 Å². The molecule has 1 heterocycles. The summed E-state index contributed by atoms with van der Waals surface area (Å²) in [6.07, 6.45) is 2.71. The zero-order valence-corrected chi connectivity index (χ0v) is 14.2. The molecule has 5 heteroatoms. The van der Waals surface area contributed by atoms with E-state index in [9.17, 15) is 4.79 Å². The molecule has 0 aromatic heterocycles. The van der Waals surface area contributed by atoms with E-state index in [1.807, 2.05) is 25.1 Å². The van der Waals surface area contributed by atoms with E-state index >= 15 is 0 Å². The van der Waals surface area contributed by atoms with Gasteiger partial charge in [-0.25, -0.2) is 0 Å². The van der Waals surface area contributed by atoms with Crippen molar-refractivity contribution >= 4 is 21.9 Å². The van der Waals surface area contributed by atoms with Crippen molar-refractivity contribution in [3.63, 3.8) is 0 Å². The fourth-order valence-corrected chi connectivity index (χ4v) is 3.21. The van der Waals surface area contributed by atoms with Gasteiger partial charge in [-0.2, -0.15) is 0 Å².